The van der Waals surface area contributed by atoms with Gasteiger partial charge in [-0.25, -0.2) is 4.98 Å². The number of rotatable bonds is 2. The average Bonchev–Trinajstić information content (AvgIpc) is 2.99. The van der Waals surface area contributed by atoms with E-state index in [4.69, 9.17) is 28.9 Å². The van der Waals surface area contributed by atoms with Crippen LogP contribution in [0.5, 0.6) is 0 Å². The lowest BCUT2D eigenvalue weighted by Crippen LogP contribution is -1.89. The fraction of sp³-hybridized carbons (Fsp3) is 0.0769. The Bertz CT molecular complexity index is 775. The van der Waals surface area contributed by atoms with Crippen molar-refractivity contribution in [1.29, 1.82) is 0 Å². The highest BCUT2D eigenvalue weighted by atomic mass is 35.5. The third kappa shape index (κ3) is 2.15. The van der Waals surface area contributed by atoms with Gasteiger partial charge in [0.25, 0.3) is 0 Å². The van der Waals surface area contributed by atoms with Crippen molar-refractivity contribution in [2.24, 2.45) is 7.05 Å². The Morgan fingerprint density at radius 3 is 2.70 bits per heavy atom. The van der Waals surface area contributed by atoms with Crippen LogP contribution in [0.4, 0.5) is 5.82 Å². The molecule has 3 rings (SSSR count). The molecule has 2 aromatic heterocycles. The van der Waals surface area contributed by atoms with Crippen LogP contribution >= 0.6 is 23.2 Å². The number of nitrogens with two attached hydrogens (primary N) is 1. The fourth-order valence-electron chi connectivity index (χ4n) is 2.03. The van der Waals surface area contributed by atoms with Crippen molar-refractivity contribution in [2.45, 2.75) is 0 Å². The van der Waals surface area contributed by atoms with Gasteiger partial charge in [-0.3, -0.25) is 5.10 Å². The number of aromatic nitrogens is 4. The van der Waals surface area contributed by atoms with Gasteiger partial charge in [-0.1, -0.05) is 29.3 Å². The molecule has 3 aromatic rings. The second-order valence-electron chi connectivity index (χ2n) is 4.41. The van der Waals surface area contributed by atoms with Crippen LogP contribution in [0.1, 0.15) is 0 Å². The van der Waals surface area contributed by atoms with Crippen LogP contribution in [0.2, 0.25) is 10.0 Å². The van der Waals surface area contributed by atoms with Crippen molar-refractivity contribution >= 4 is 29.0 Å². The Morgan fingerprint density at radius 1 is 1.25 bits per heavy atom. The minimum Gasteiger partial charge on any atom is -0.382 e. The zero-order valence-electron chi connectivity index (χ0n) is 10.6. The number of hydrogen-bond donors (Lipinski definition) is 2. The Hall–Kier alpha value is -1.98. The number of nitrogen functional groups attached to an aromatic ring is 1. The summed E-state index contributed by atoms with van der Waals surface area (Å²) in [6.07, 6.45) is 3.60. The number of anilines is 1. The molecule has 3 N–H and O–H groups in total. The first kappa shape index (κ1) is 13.0. The van der Waals surface area contributed by atoms with Crippen LogP contribution in [0.3, 0.4) is 0 Å². The van der Waals surface area contributed by atoms with Crippen LogP contribution in [0.25, 0.3) is 22.5 Å². The minimum atomic E-state index is 0.393. The lowest BCUT2D eigenvalue weighted by molar-refractivity contribution is 0.913. The smallest absolute Gasteiger partial charge is 0.153 e. The van der Waals surface area contributed by atoms with E-state index >= 15 is 0 Å². The first-order chi connectivity index (χ1) is 9.56. The van der Waals surface area contributed by atoms with E-state index in [1.807, 2.05) is 23.9 Å². The first-order valence-electron chi connectivity index (χ1n) is 5.84. The van der Waals surface area contributed by atoms with Crippen molar-refractivity contribution in [1.82, 2.24) is 19.7 Å². The molecule has 0 spiro atoms. The summed E-state index contributed by atoms with van der Waals surface area (Å²) in [5.74, 6) is 0.393. The lowest BCUT2D eigenvalue weighted by atomic mass is 10.0. The second-order valence-corrected chi connectivity index (χ2v) is 5.23. The number of H-pyrrole nitrogens is 1. The Balaban J connectivity index is 2.18. The summed E-state index contributed by atoms with van der Waals surface area (Å²) in [5, 5.41) is 7.93. The first-order valence-corrected chi connectivity index (χ1v) is 6.59. The van der Waals surface area contributed by atoms with E-state index in [9.17, 15) is 0 Å². The van der Waals surface area contributed by atoms with Gasteiger partial charge in [-0.2, -0.15) is 5.10 Å². The quantitative estimate of drug-likeness (QED) is 0.762. The van der Waals surface area contributed by atoms with E-state index in [1.165, 1.54) is 0 Å². The van der Waals surface area contributed by atoms with Crippen molar-refractivity contribution in [3.8, 4) is 22.5 Å². The van der Waals surface area contributed by atoms with Gasteiger partial charge in [0.15, 0.2) is 5.82 Å². The maximum absolute atomic E-state index is 6.06. The molecule has 0 saturated carbocycles. The summed E-state index contributed by atoms with van der Waals surface area (Å²) < 4.78 is 1.85. The SMILES string of the molecule is Cn1cnc(-c2[nH]nc(N)c2-c2ccc(Cl)c(Cl)c2)c1. The van der Waals surface area contributed by atoms with E-state index in [0.29, 0.717) is 15.9 Å². The normalized spacial score (nSPS) is 10.9. The molecule has 20 heavy (non-hydrogen) atoms. The average molecular weight is 308 g/mol. The Labute approximate surface area is 125 Å². The molecular weight excluding hydrogens is 297 g/mol. The molecular formula is C13H11Cl2N5. The zero-order chi connectivity index (χ0) is 14.3. The fourth-order valence-corrected chi connectivity index (χ4v) is 2.33. The Morgan fingerprint density at radius 2 is 2.05 bits per heavy atom. The standard InChI is InChI=1S/C13H11Cl2N5/c1-20-5-10(17-6-20)12-11(13(16)19-18-12)7-2-3-8(14)9(15)4-7/h2-6H,1H3,(H3,16,18,19). The summed E-state index contributed by atoms with van der Waals surface area (Å²) in [5.41, 5.74) is 9.07. The summed E-state index contributed by atoms with van der Waals surface area (Å²) >= 11 is 12.0. The van der Waals surface area contributed by atoms with Crippen LogP contribution in [-0.4, -0.2) is 19.7 Å². The number of nitrogens with one attached hydrogen (secondary N) is 1. The number of aromatic amines is 1. The van der Waals surface area contributed by atoms with Gasteiger partial charge in [-0.05, 0) is 17.7 Å². The van der Waals surface area contributed by atoms with Crippen molar-refractivity contribution in [3.63, 3.8) is 0 Å². The second kappa shape index (κ2) is 4.85. The molecule has 0 radical (unpaired) electrons. The maximum Gasteiger partial charge on any atom is 0.153 e. The van der Waals surface area contributed by atoms with E-state index in [-0.39, 0.29) is 0 Å². The third-order valence-corrected chi connectivity index (χ3v) is 3.70. The molecule has 0 unspecified atom stereocenters. The highest BCUT2D eigenvalue weighted by Gasteiger charge is 2.17. The molecule has 102 valence electrons. The number of imidazole rings is 1. The van der Waals surface area contributed by atoms with Gasteiger partial charge in [0.2, 0.25) is 0 Å². The number of aryl methyl sites for hydroxylation is 1. The maximum atomic E-state index is 6.06. The summed E-state index contributed by atoms with van der Waals surface area (Å²) in [4.78, 5) is 4.30. The predicted molar refractivity (Wildman–Crippen MR) is 80.7 cm³/mol. The molecule has 0 saturated heterocycles. The molecule has 0 bridgehead atoms. The van der Waals surface area contributed by atoms with E-state index in [0.717, 1.165) is 22.5 Å². The largest absolute Gasteiger partial charge is 0.382 e. The van der Waals surface area contributed by atoms with Gasteiger partial charge in [0.05, 0.1) is 27.6 Å². The lowest BCUT2D eigenvalue weighted by Gasteiger charge is -2.04. The number of halogens is 2. The van der Waals surface area contributed by atoms with Crippen molar-refractivity contribution in [2.75, 3.05) is 5.73 Å². The van der Waals surface area contributed by atoms with Crippen molar-refractivity contribution < 1.29 is 0 Å². The van der Waals surface area contributed by atoms with Crippen LogP contribution in [-0.2, 0) is 7.05 Å². The molecule has 0 aliphatic rings. The molecule has 7 heteroatoms. The molecule has 5 nitrogen and oxygen atoms in total. The topological polar surface area (TPSA) is 72.5 Å². The van der Waals surface area contributed by atoms with Gasteiger partial charge < -0.3 is 10.3 Å². The molecule has 0 fully saturated rings. The minimum absolute atomic E-state index is 0.393. The predicted octanol–water partition coefficient (Wildman–Crippen LogP) is 3.37. The zero-order valence-corrected chi connectivity index (χ0v) is 12.1. The molecule has 0 aliphatic carbocycles. The highest BCUT2D eigenvalue weighted by molar-refractivity contribution is 6.42. The highest BCUT2D eigenvalue weighted by Crippen LogP contribution is 2.36. The van der Waals surface area contributed by atoms with Crippen LogP contribution in [0, 0.1) is 0 Å². The Kier molecular flexibility index (Phi) is 3.16. The molecule has 1 aromatic carbocycles. The number of benzene rings is 1. The van der Waals surface area contributed by atoms with E-state index < -0.39 is 0 Å². The van der Waals surface area contributed by atoms with Crippen LogP contribution < -0.4 is 5.73 Å². The summed E-state index contributed by atoms with van der Waals surface area (Å²) in [7, 11) is 1.90. The third-order valence-electron chi connectivity index (χ3n) is 2.96. The van der Waals surface area contributed by atoms with Crippen molar-refractivity contribution in [3.05, 3.63) is 40.8 Å². The van der Waals surface area contributed by atoms with E-state index in [1.54, 1.807) is 18.5 Å². The van der Waals surface area contributed by atoms with E-state index in [2.05, 4.69) is 15.2 Å². The number of nitrogens with zero attached hydrogens (tertiary/aromatic N) is 3. The van der Waals surface area contributed by atoms with Gasteiger partial charge in [-0.15, -0.1) is 0 Å². The van der Waals surface area contributed by atoms with Gasteiger partial charge in [0.1, 0.15) is 5.69 Å². The van der Waals surface area contributed by atoms with Gasteiger partial charge in [0, 0.05) is 13.2 Å². The molecule has 0 amide bonds. The monoisotopic (exact) mass is 307 g/mol. The molecule has 0 atom stereocenters. The number of hydrogen-bond acceptors (Lipinski definition) is 3. The summed E-state index contributed by atoms with van der Waals surface area (Å²) in [6.45, 7) is 0. The van der Waals surface area contributed by atoms with Gasteiger partial charge >= 0.3 is 0 Å². The summed E-state index contributed by atoms with van der Waals surface area (Å²) in [6, 6.07) is 5.34. The molecule has 0 aliphatic heterocycles. The molecule has 2 heterocycles. The van der Waals surface area contributed by atoms with Crippen LogP contribution in [0.15, 0.2) is 30.7 Å².